The first-order chi connectivity index (χ1) is 11.9. The Morgan fingerprint density at radius 1 is 1.28 bits per heavy atom. The topological polar surface area (TPSA) is 88.5 Å². The summed E-state index contributed by atoms with van der Waals surface area (Å²) in [5.74, 6) is -1.86. The fourth-order valence-electron chi connectivity index (χ4n) is 2.30. The van der Waals surface area contributed by atoms with Gasteiger partial charge in [-0.1, -0.05) is 12.1 Å². The number of pyridine rings is 1. The average Bonchev–Trinajstić information content (AvgIpc) is 2.58. The maximum absolute atomic E-state index is 13.0. The van der Waals surface area contributed by atoms with Crippen LogP contribution < -0.4 is 5.32 Å². The summed E-state index contributed by atoms with van der Waals surface area (Å²) in [7, 11) is 0. The fraction of sp³-hybridized carbons (Fsp3) is 0.278. The number of hydrogen-bond acceptors (Lipinski definition) is 5. The van der Waals surface area contributed by atoms with Gasteiger partial charge in [0.15, 0.2) is 5.69 Å². The van der Waals surface area contributed by atoms with Crippen LogP contribution in [-0.4, -0.2) is 35.1 Å². The van der Waals surface area contributed by atoms with Crippen molar-refractivity contribution in [3.63, 3.8) is 0 Å². The summed E-state index contributed by atoms with van der Waals surface area (Å²) in [5, 5.41) is 12.7. The molecule has 0 aliphatic carbocycles. The third-order valence-corrected chi connectivity index (χ3v) is 3.42. The average molecular weight is 346 g/mol. The van der Waals surface area contributed by atoms with Gasteiger partial charge in [0.2, 0.25) is 0 Å². The molecule has 0 radical (unpaired) electrons. The van der Waals surface area contributed by atoms with Crippen LogP contribution in [0, 0.1) is 12.7 Å². The SMILES string of the molecule is CCOC(=O)CNC(=O)c1nc(C)cc(Cc2ccc(F)cc2)c1O. The van der Waals surface area contributed by atoms with Gasteiger partial charge in [-0.2, -0.15) is 0 Å². The molecule has 6 nitrogen and oxygen atoms in total. The van der Waals surface area contributed by atoms with Crippen molar-refractivity contribution in [1.82, 2.24) is 10.3 Å². The van der Waals surface area contributed by atoms with Gasteiger partial charge in [0.05, 0.1) is 6.61 Å². The molecule has 1 amide bonds. The van der Waals surface area contributed by atoms with Gasteiger partial charge in [0, 0.05) is 17.7 Å². The molecule has 1 aromatic carbocycles. The Morgan fingerprint density at radius 3 is 2.60 bits per heavy atom. The minimum atomic E-state index is -0.672. The van der Waals surface area contributed by atoms with E-state index < -0.39 is 11.9 Å². The molecule has 0 fully saturated rings. The number of aromatic nitrogens is 1. The van der Waals surface area contributed by atoms with Crippen LogP contribution in [0.3, 0.4) is 0 Å². The van der Waals surface area contributed by atoms with E-state index in [4.69, 9.17) is 4.74 Å². The smallest absolute Gasteiger partial charge is 0.325 e. The Balaban J connectivity index is 2.19. The molecule has 0 saturated carbocycles. The maximum Gasteiger partial charge on any atom is 0.325 e. The quantitative estimate of drug-likeness (QED) is 0.782. The third-order valence-electron chi connectivity index (χ3n) is 3.42. The van der Waals surface area contributed by atoms with E-state index in [0.717, 1.165) is 5.56 Å². The number of halogens is 1. The van der Waals surface area contributed by atoms with E-state index in [-0.39, 0.29) is 30.4 Å². The molecule has 0 bridgehead atoms. The molecular formula is C18H19FN2O4. The second kappa shape index (κ2) is 8.23. The Morgan fingerprint density at radius 2 is 1.96 bits per heavy atom. The van der Waals surface area contributed by atoms with Crippen molar-refractivity contribution >= 4 is 11.9 Å². The molecule has 0 saturated heterocycles. The van der Waals surface area contributed by atoms with E-state index in [2.05, 4.69) is 10.3 Å². The number of carbonyl (C=O) groups is 2. The van der Waals surface area contributed by atoms with Gasteiger partial charge in [0.1, 0.15) is 18.1 Å². The second-order valence-corrected chi connectivity index (χ2v) is 5.41. The summed E-state index contributed by atoms with van der Waals surface area (Å²) >= 11 is 0. The highest BCUT2D eigenvalue weighted by molar-refractivity contribution is 5.96. The first-order valence-electron chi connectivity index (χ1n) is 7.78. The summed E-state index contributed by atoms with van der Waals surface area (Å²) in [5.41, 5.74) is 1.64. The van der Waals surface area contributed by atoms with Crippen LogP contribution in [0.15, 0.2) is 30.3 Å². The highest BCUT2D eigenvalue weighted by Gasteiger charge is 2.18. The zero-order valence-corrected chi connectivity index (χ0v) is 14.0. The zero-order chi connectivity index (χ0) is 18.4. The van der Waals surface area contributed by atoms with E-state index in [9.17, 15) is 19.1 Å². The summed E-state index contributed by atoms with van der Waals surface area (Å²) in [6, 6.07) is 7.51. The molecule has 132 valence electrons. The molecule has 1 heterocycles. The number of hydrogen-bond donors (Lipinski definition) is 2. The maximum atomic E-state index is 13.0. The number of esters is 1. The molecule has 7 heteroatoms. The predicted octanol–water partition coefficient (Wildman–Crippen LogP) is 2.12. The summed E-state index contributed by atoms with van der Waals surface area (Å²) < 4.78 is 17.7. The van der Waals surface area contributed by atoms with Gasteiger partial charge < -0.3 is 15.2 Å². The van der Waals surface area contributed by atoms with Crippen molar-refractivity contribution in [2.45, 2.75) is 20.3 Å². The molecular weight excluding hydrogens is 327 g/mol. The van der Waals surface area contributed by atoms with E-state index >= 15 is 0 Å². The van der Waals surface area contributed by atoms with Gasteiger partial charge in [-0.3, -0.25) is 9.59 Å². The molecule has 0 aliphatic rings. The van der Waals surface area contributed by atoms with Crippen molar-refractivity contribution in [3.05, 3.63) is 58.7 Å². The minimum absolute atomic E-state index is 0.165. The third kappa shape index (κ3) is 5.00. The number of amides is 1. The number of benzene rings is 1. The molecule has 2 aromatic rings. The van der Waals surface area contributed by atoms with Crippen molar-refractivity contribution in [2.24, 2.45) is 0 Å². The zero-order valence-electron chi connectivity index (χ0n) is 14.0. The minimum Gasteiger partial charge on any atom is -0.505 e. The lowest BCUT2D eigenvalue weighted by Gasteiger charge is -2.11. The Bertz CT molecular complexity index is 775. The lowest BCUT2D eigenvalue weighted by atomic mass is 10.0. The number of aromatic hydroxyl groups is 1. The molecule has 0 spiro atoms. The van der Waals surface area contributed by atoms with Crippen LogP contribution in [0.4, 0.5) is 4.39 Å². The molecule has 0 aliphatic heterocycles. The molecule has 0 atom stereocenters. The first-order valence-corrected chi connectivity index (χ1v) is 7.78. The van der Waals surface area contributed by atoms with Crippen LogP contribution in [0.1, 0.15) is 34.2 Å². The molecule has 25 heavy (non-hydrogen) atoms. The number of carbonyl (C=O) groups excluding carboxylic acids is 2. The molecule has 1 aromatic heterocycles. The highest BCUT2D eigenvalue weighted by atomic mass is 19.1. The Hall–Kier alpha value is -2.96. The van der Waals surface area contributed by atoms with Crippen LogP contribution in [0.2, 0.25) is 0 Å². The van der Waals surface area contributed by atoms with E-state index in [0.29, 0.717) is 17.7 Å². The standard InChI is InChI=1S/C18H19FN2O4/c1-3-25-15(22)10-20-18(24)16-17(23)13(8-11(2)21-16)9-12-4-6-14(19)7-5-12/h4-8,23H,3,9-10H2,1-2H3,(H,20,24). The van der Waals surface area contributed by atoms with Crippen molar-refractivity contribution in [1.29, 1.82) is 0 Å². The number of ether oxygens (including phenoxy) is 1. The number of rotatable bonds is 6. The van der Waals surface area contributed by atoms with Crippen LogP contribution in [-0.2, 0) is 16.0 Å². The van der Waals surface area contributed by atoms with Gasteiger partial charge in [-0.25, -0.2) is 9.37 Å². The monoisotopic (exact) mass is 346 g/mol. The first kappa shape index (κ1) is 18.4. The summed E-state index contributed by atoms with van der Waals surface area (Å²) in [4.78, 5) is 27.5. The van der Waals surface area contributed by atoms with Gasteiger partial charge >= 0.3 is 5.97 Å². The van der Waals surface area contributed by atoms with E-state index in [1.165, 1.54) is 12.1 Å². The fourth-order valence-corrected chi connectivity index (χ4v) is 2.30. The lowest BCUT2D eigenvalue weighted by Crippen LogP contribution is -2.31. The van der Waals surface area contributed by atoms with Crippen molar-refractivity contribution in [2.75, 3.05) is 13.2 Å². The lowest BCUT2D eigenvalue weighted by molar-refractivity contribution is -0.141. The summed E-state index contributed by atoms with van der Waals surface area (Å²) in [6.07, 6.45) is 0.313. The van der Waals surface area contributed by atoms with Crippen LogP contribution >= 0.6 is 0 Å². The van der Waals surface area contributed by atoms with Gasteiger partial charge in [-0.05, 0) is 37.6 Å². The largest absolute Gasteiger partial charge is 0.505 e. The molecule has 0 unspecified atom stereocenters. The normalized spacial score (nSPS) is 10.4. The van der Waals surface area contributed by atoms with Crippen LogP contribution in [0.25, 0.3) is 0 Å². The number of nitrogens with one attached hydrogen (secondary N) is 1. The number of nitrogens with zero attached hydrogens (tertiary/aromatic N) is 1. The highest BCUT2D eigenvalue weighted by Crippen LogP contribution is 2.25. The van der Waals surface area contributed by atoms with Crippen molar-refractivity contribution < 1.29 is 23.8 Å². The Labute approximate surface area is 144 Å². The predicted molar refractivity (Wildman–Crippen MR) is 88.8 cm³/mol. The Kier molecular flexibility index (Phi) is 6.05. The van der Waals surface area contributed by atoms with E-state index in [1.807, 2.05) is 0 Å². The number of aryl methyl sites for hydroxylation is 1. The van der Waals surface area contributed by atoms with Gasteiger partial charge in [-0.15, -0.1) is 0 Å². The van der Waals surface area contributed by atoms with E-state index in [1.54, 1.807) is 32.0 Å². The molecule has 2 N–H and O–H groups in total. The molecule has 2 rings (SSSR count). The second-order valence-electron chi connectivity index (χ2n) is 5.41. The van der Waals surface area contributed by atoms with Crippen molar-refractivity contribution in [3.8, 4) is 5.75 Å². The van der Waals surface area contributed by atoms with Gasteiger partial charge in [0.25, 0.3) is 5.91 Å². The van der Waals surface area contributed by atoms with Crippen LogP contribution in [0.5, 0.6) is 5.75 Å². The summed E-state index contributed by atoms with van der Waals surface area (Å²) in [6.45, 7) is 3.25.